The highest BCUT2D eigenvalue weighted by atomic mass is 16.7. The third-order valence-corrected chi connectivity index (χ3v) is 3.31. The summed E-state index contributed by atoms with van der Waals surface area (Å²) >= 11 is 0. The molecular formula is C9H17BN2O2. The Bertz CT molecular complexity index is 250. The van der Waals surface area contributed by atoms with Crippen LogP contribution in [-0.4, -0.2) is 31.1 Å². The zero-order valence-electron chi connectivity index (χ0n) is 9.20. The molecule has 2 heterocycles. The first-order chi connectivity index (χ1) is 6.42. The largest absolute Gasteiger partial charge is 0.468 e. The van der Waals surface area contributed by atoms with Gasteiger partial charge in [-0.05, 0) is 27.7 Å². The first-order valence-corrected chi connectivity index (χ1v) is 5.04. The lowest BCUT2D eigenvalue weighted by atomic mass is 9.73. The van der Waals surface area contributed by atoms with E-state index >= 15 is 0 Å². The molecule has 0 aromatic carbocycles. The number of nitrogens with one attached hydrogen (secondary N) is 1. The summed E-state index contributed by atoms with van der Waals surface area (Å²) in [5, 5.41) is 3.97. The van der Waals surface area contributed by atoms with Crippen LogP contribution in [0, 0.1) is 0 Å². The lowest BCUT2D eigenvalue weighted by molar-refractivity contribution is 0.00578. The van der Waals surface area contributed by atoms with Crippen LogP contribution in [0.1, 0.15) is 27.7 Å². The van der Waals surface area contributed by atoms with E-state index in [0.717, 1.165) is 6.54 Å². The Hall–Kier alpha value is -0.545. The minimum absolute atomic E-state index is 0.168. The van der Waals surface area contributed by atoms with Crippen molar-refractivity contribution >= 4 is 13.3 Å². The number of hydrazone groups is 1. The van der Waals surface area contributed by atoms with E-state index in [1.165, 1.54) is 0 Å². The molecule has 0 aromatic heterocycles. The summed E-state index contributed by atoms with van der Waals surface area (Å²) in [7, 11) is -0.168. The molecule has 0 amide bonds. The molecule has 5 heteroatoms. The lowest BCUT2D eigenvalue weighted by Gasteiger charge is -2.32. The second-order valence-electron chi connectivity index (χ2n) is 4.93. The Morgan fingerprint density at radius 1 is 1.29 bits per heavy atom. The van der Waals surface area contributed by atoms with Crippen LogP contribution in [0.25, 0.3) is 0 Å². The van der Waals surface area contributed by atoms with Gasteiger partial charge in [-0.3, -0.25) is 0 Å². The van der Waals surface area contributed by atoms with Gasteiger partial charge in [-0.15, -0.1) is 0 Å². The first-order valence-electron chi connectivity index (χ1n) is 5.04. The fraction of sp³-hybridized carbons (Fsp3) is 0.889. The lowest BCUT2D eigenvalue weighted by Crippen LogP contribution is -2.41. The van der Waals surface area contributed by atoms with Crippen molar-refractivity contribution in [1.29, 1.82) is 0 Å². The Morgan fingerprint density at radius 2 is 1.86 bits per heavy atom. The van der Waals surface area contributed by atoms with Gasteiger partial charge >= 0.3 is 7.12 Å². The molecule has 0 radical (unpaired) electrons. The molecular weight excluding hydrogens is 179 g/mol. The van der Waals surface area contributed by atoms with Crippen LogP contribution in [0.3, 0.4) is 0 Å². The number of rotatable bonds is 1. The van der Waals surface area contributed by atoms with Crippen LogP contribution < -0.4 is 5.43 Å². The summed E-state index contributed by atoms with van der Waals surface area (Å²) in [6.45, 7) is 9.05. The molecule has 0 aromatic rings. The topological polar surface area (TPSA) is 42.8 Å². The average Bonchev–Trinajstić information content (AvgIpc) is 2.58. The molecule has 1 saturated heterocycles. The molecule has 0 saturated carbocycles. The molecule has 1 atom stereocenters. The zero-order valence-corrected chi connectivity index (χ0v) is 9.20. The molecule has 0 spiro atoms. The minimum Gasteiger partial charge on any atom is -0.403 e. The van der Waals surface area contributed by atoms with E-state index in [4.69, 9.17) is 9.31 Å². The Morgan fingerprint density at radius 3 is 2.29 bits per heavy atom. The first kappa shape index (κ1) is 9.99. The summed E-state index contributed by atoms with van der Waals surface area (Å²) in [6, 6.07) is 0. The quantitative estimate of drug-likeness (QED) is 0.637. The average molecular weight is 196 g/mol. The highest BCUT2D eigenvalue weighted by Gasteiger charge is 2.53. The van der Waals surface area contributed by atoms with Gasteiger partial charge in [-0.25, -0.2) is 0 Å². The second-order valence-corrected chi connectivity index (χ2v) is 4.93. The number of hydrogen-bond donors (Lipinski definition) is 1. The Kier molecular flexibility index (Phi) is 2.12. The SMILES string of the molecule is CC1(C)OB(C2C=NNC2)OC1(C)C. The standard InChI is InChI=1S/C9H17BN2O2/c1-8(2)9(3,4)14-10(13-8)7-5-11-12-6-7/h5,7,12H,6H2,1-4H3. The number of hydrogen-bond acceptors (Lipinski definition) is 4. The molecule has 2 rings (SSSR count). The maximum Gasteiger partial charge on any atom is 0.468 e. The summed E-state index contributed by atoms with van der Waals surface area (Å²) in [6.07, 6.45) is 1.86. The third-order valence-electron chi connectivity index (χ3n) is 3.31. The van der Waals surface area contributed by atoms with Gasteiger partial charge in [-0.1, -0.05) is 0 Å². The van der Waals surface area contributed by atoms with E-state index in [9.17, 15) is 0 Å². The molecule has 0 aliphatic carbocycles. The van der Waals surface area contributed by atoms with Crippen molar-refractivity contribution < 1.29 is 9.31 Å². The van der Waals surface area contributed by atoms with Gasteiger partial charge < -0.3 is 14.7 Å². The van der Waals surface area contributed by atoms with E-state index in [1.807, 2.05) is 6.21 Å². The van der Waals surface area contributed by atoms with Gasteiger partial charge in [0.2, 0.25) is 0 Å². The Labute approximate surface area is 85.2 Å². The van der Waals surface area contributed by atoms with Crippen LogP contribution in [0.2, 0.25) is 5.82 Å². The number of nitrogens with zero attached hydrogens (tertiary/aromatic N) is 1. The molecule has 78 valence electrons. The van der Waals surface area contributed by atoms with E-state index in [1.54, 1.807) is 0 Å². The molecule has 0 bridgehead atoms. The van der Waals surface area contributed by atoms with Crippen molar-refractivity contribution in [2.45, 2.75) is 44.7 Å². The van der Waals surface area contributed by atoms with Crippen LogP contribution in [0.5, 0.6) is 0 Å². The van der Waals surface area contributed by atoms with E-state index in [-0.39, 0.29) is 24.1 Å². The van der Waals surface area contributed by atoms with Crippen molar-refractivity contribution in [3.05, 3.63) is 0 Å². The molecule has 1 unspecified atom stereocenters. The predicted molar refractivity (Wildman–Crippen MR) is 56.3 cm³/mol. The fourth-order valence-corrected chi connectivity index (χ4v) is 1.59. The highest BCUT2D eigenvalue weighted by molar-refractivity contribution is 6.52. The molecule has 1 fully saturated rings. The third kappa shape index (κ3) is 1.44. The van der Waals surface area contributed by atoms with Gasteiger partial charge in [0.25, 0.3) is 0 Å². The van der Waals surface area contributed by atoms with Gasteiger partial charge in [-0.2, -0.15) is 5.10 Å². The summed E-state index contributed by atoms with van der Waals surface area (Å²) in [4.78, 5) is 0. The highest BCUT2D eigenvalue weighted by Crippen LogP contribution is 2.39. The van der Waals surface area contributed by atoms with Crippen molar-refractivity contribution in [2.75, 3.05) is 6.54 Å². The van der Waals surface area contributed by atoms with Crippen molar-refractivity contribution in [1.82, 2.24) is 5.43 Å². The Balaban J connectivity index is 2.09. The maximum atomic E-state index is 5.89. The maximum absolute atomic E-state index is 5.89. The smallest absolute Gasteiger partial charge is 0.403 e. The van der Waals surface area contributed by atoms with Gasteiger partial charge in [0.1, 0.15) is 0 Å². The van der Waals surface area contributed by atoms with Crippen LogP contribution in [-0.2, 0) is 9.31 Å². The van der Waals surface area contributed by atoms with E-state index in [0.29, 0.717) is 0 Å². The van der Waals surface area contributed by atoms with Crippen molar-refractivity contribution in [2.24, 2.45) is 5.10 Å². The van der Waals surface area contributed by atoms with E-state index < -0.39 is 0 Å². The monoisotopic (exact) mass is 196 g/mol. The summed E-state index contributed by atoms with van der Waals surface area (Å²) in [5.74, 6) is 0.232. The normalized spacial score (nSPS) is 33.4. The van der Waals surface area contributed by atoms with Crippen LogP contribution in [0.15, 0.2) is 5.10 Å². The van der Waals surface area contributed by atoms with Gasteiger partial charge in [0.15, 0.2) is 0 Å². The zero-order chi connectivity index (χ0) is 10.4. The van der Waals surface area contributed by atoms with Crippen molar-refractivity contribution in [3.63, 3.8) is 0 Å². The fourth-order valence-electron chi connectivity index (χ4n) is 1.59. The van der Waals surface area contributed by atoms with Crippen LogP contribution in [0.4, 0.5) is 0 Å². The van der Waals surface area contributed by atoms with E-state index in [2.05, 4.69) is 38.2 Å². The van der Waals surface area contributed by atoms with Gasteiger partial charge in [0, 0.05) is 12.8 Å². The molecule has 14 heavy (non-hydrogen) atoms. The molecule has 2 aliphatic heterocycles. The molecule has 1 N–H and O–H groups in total. The molecule has 2 aliphatic rings. The second kappa shape index (κ2) is 2.97. The summed E-state index contributed by atoms with van der Waals surface area (Å²) in [5.41, 5.74) is 2.43. The minimum atomic E-state index is -0.242. The van der Waals surface area contributed by atoms with Crippen LogP contribution >= 0.6 is 0 Å². The molecule has 4 nitrogen and oxygen atoms in total. The summed E-state index contributed by atoms with van der Waals surface area (Å²) < 4.78 is 11.8. The van der Waals surface area contributed by atoms with Crippen molar-refractivity contribution in [3.8, 4) is 0 Å². The predicted octanol–water partition coefficient (Wildman–Crippen LogP) is 1.04. The van der Waals surface area contributed by atoms with Gasteiger partial charge in [0.05, 0.1) is 17.0 Å².